The van der Waals surface area contributed by atoms with Crippen molar-refractivity contribution in [3.8, 4) is 0 Å². The lowest BCUT2D eigenvalue weighted by molar-refractivity contribution is -0.142. The zero-order chi connectivity index (χ0) is 25.6. The van der Waals surface area contributed by atoms with Gasteiger partial charge in [-0.05, 0) is 70.3 Å². The fourth-order valence-electron chi connectivity index (χ4n) is 4.57. The molecule has 190 valence electrons. The van der Waals surface area contributed by atoms with Crippen molar-refractivity contribution in [3.05, 3.63) is 58.7 Å². The molecule has 0 aliphatic heterocycles. The summed E-state index contributed by atoms with van der Waals surface area (Å²) in [5, 5.41) is 18.2. The van der Waals surface area contributed by atoms with Gasteiger partial charge in [0.05, 0.1) is 5.92 Å². The van der Waals surface area contributed by atoms with Crippen molar-refractivity contribution in [1.82, 2.24) is 0 Å². The van der Waals surface area contributed by atoms with E-state index in [9.17, 15) is 14.7 Å². The van der Waals surface area contributed by atoms with Crippen LogP contribution in [0, 0.1) is 11.3 Å². The molecular formula is C30H46O4. The molecule has 0 bridgehead atoms. The van der Waals surface area contributed by atoms with Gasteiger partial charge < -0.3 is 10.2 Å². The number of carbonyl (C=O) groups is 2. The van der Waals surface area contributed by atoms with E-state index in [4.69, 9.17) is 5.11 Å². The Kier molecular flexibility index (Phi) is 13.5. The van der Waals surface area contributed by atoms with Crippen LogP contribution in [0.15, 0.2) is 58.7 Å². The molecule has 0 fully saturated rings. The first kappa shape index (κ1) is 29.7. The van der Waals surface area contributed by atoms with Gasteiger partial charge in [0.25, 0.3) is 0 Å². The first-order valence-electron chi connectivity index (χ1n) is 12.9. The number of allylic oxidation sites excluding steroid dienone is 10. The van der Waals surface area contributed by atoms with Crippen LogP contribution in [-0.2, 0) is 9.59 Å². The maximum atomic E-state index is 11.6. The molecule has 1 aliphatic carbocycles. The van der Waals surface area contributed by atoms with Crippen LogP contribution in [0.1, 0.15) is 105 Å². The van der Waals surface area contributed by atoms with Crippen LogP contribution in [0.4, 0.5) is 0 Å². The normalized spacial score (nSPS) is 18.1. The minimum atomic E-state index is -0.750. The van der Waals surface area contributed by atoms with E-state index in [2.05, 4.69) is 45.9 Å². The number of rotatable bonds is 15. The molecular weight excluding hydrogens is 424 g/mol. The Hall–Kier alpha value is -2.36. The van der Waals surface area contributed by atoms with Gasteiger partial charge in [-0.1, -0.05) is 92.7 Å². The molecule has 0 aromatic heterocycles. The number of unbranched alkanes of at least 4 members (excludes halogenated alkanes) is 4. The Bertz CT molecular complexity index is 821. The third-order valence-electron chi connectivity index (χ3n) is 6.79. The molecule has 0 radical (unpaired) electrons. The summed E-state index contributed by atoms with van der Waals surface area (Å²) in [7, 11) is 0. The minimum absolute atomic E-state index is 0.219. The molecule has 1 unspecified atom stereocenters. The van der Waals surface area contributed by atoms with Crippen LogP contribution in [0.5, 0.6) is 0 Å². The summed E-state index contributed by atoms with van der Waals surface area (Å²) in [6.45, 7) is 11.0. The first-order chi connectivity index (χ1) is 16.0. The summed E-state index contributed by atoms with van der Waals surface area (Å²) in [5.74, 6) is -1.85. The number of aliphatic carboxylic acids is 2. The second-order valence-electron chi connectivity index (χ2n) is 10.5. The molecule has 34 heavy (non-hydrogen) atoms. The third kappa shape index (κ3) is 12.2. The van der Waals surface area contributed by atoms with Gasteiger partial charge in [-0.25, -0.2) is 0 Å². The molecule has 0 aromatic rings. The highest BCUT2D eigenvalue weighted by Gasteiger charge is 2.26. The summed E-state index contributed by atoms with van der Waals surface area (Å²) in [6, 6.07) is 0. The second-order valence-corrected chi connectivity index (χ2v) is 10.5. The Morgan fingerprint density at radius 3 is 2.32 bits per heavy atom. The third-order valence-corrected chi connectivity index (χ3v) is 6.79. The van der Waals surface area contributed by atoms with E-state index in [0.717, 1.165) is 31.3 Å². The van der Waals surface area contributed by atoms with Crippen molar-refractivity contribution >= 4 is 11.9 Å². The van der Waals surface area contributed by atoms with Crippen molar-refractivity contribution in [3.63, 3.8) is 0 Å². The van der Waals surface area contributed by atoms with Crippen LogP contribution in [-0.4, -0.2) is 22.2 Å². The van der Waals surface area contributed by atoms with Crippen LogP contribution < -0.4 is 0 Å². The van der Waals surface area contributed by atoms with Crippen molar-refractivity contribution in [2.45, 2.75) is 105 Å². The fraction of sp³-hybridized carbons (Fsp3) is 0.600. The Morgan fingerprint density at radius 1 is 1.00 bits per heavy atom. The average molecular weight is 471 g/mol. The van der Waals surface area contributed by atoms with Crippen LogP contribution in [0.3, 0.4) is 0 Å². The van der Waals surface area contributed by atoms with E-state index in [1.165, 1.54) is 36.0 Å². The van der Waals surface area contributed by atoms with Crippen molar-refractivity contribution in [2.24, 2.45) is 11.3 Å². The summed E-state index contributed by atoms with van der Waals surface area (Å²) in [6.07, 6.45) is 22.2. The predicted molar refractivity (Wildman–Crippen MR) is 142 cm³/mol. The molecule has 1 rings (SSSR count). The highest BCUT2D eigenvalue weighted by Crippen LogP contribution is 2.40. The Morgan fingerprint density at radius 2 is 1.68 bits per heavy atom. The molecule has 0 aromatic carbocycles. The lowest BCUT2D eigenvalue weighted by Gasteiger charge is -2.32. The Balaban J connectivity index is 2.50. The minimum Gasteiger partial charge on any atom is -0.481 e. The van der Waals surface area contributed by atoms with Gasteiger partial charge >= 0.3 is 11.9 Å². The van der Waals surface area contributed by atoms with E-state index < -0.39 is 11.9 Å². The maximum Gasteiger partial charge on any atom is 0.306 e. The van der Waals surface area contributed by atoms with E-state index >= 15 is 0 Å². The lowest BCUT2D eigenvalue weighted by atomic mass is 9.72. The molecule has 2 N–H and O–H groups in total. The number of carboxylic acid groups (broad SMARTS) is 2. The second kappa shape index (κ2) is 15.5. The van der Waals surface area contributed by atoms with E-state index in [1.54, 1.807) is 0 Å². The maximum absolute atomic E-state index is 11.6. The quantitative estimate of drug-likeness (QED) is 0.186. The molecule has 0 spiro atoms. The Labute approximate surface area is 207 Å². The molecule has 0 saturated heterocycles. The van der Waals surface area contributed by atoms with Crippen molar-refractivity contribution < 1.29 is 19.8 Å². The smallest absolute Gasteiger partial charge is 0.306 e. The molecule has 0 amide bonds. The molecule has 0 heterocycles. The first-order valence-corrected chi connectivity index (χ1v) is 12.9. The van der Waals surface area contributed by atoms with Gasteiger partial charge in [-0.15, -0.1) is 0 Å². The summed E-state index contributed by atoms with van der Waals surface area (Å²) >= 11 is 0. The SMILES string of the molecule is CC(C=C/C=C(/C)C=CC1=C(C)CCCC1(C)C)=CCC(CCCCCCCC(=O)O)C(=O)O. The largest absolute Gasteiger partial charge is 0.481 e. The van der Waals surface area contributed by atoms with Crippen molar-refractivity contribution in [1.29, 1.82) is 0 Å². The van der Waals surface area contributed by atoms with E-state index in [0.29, 0.717) is 19.3 Å². The molecule has 4 nitrogen and oxygen atoms in total. The topological polar surface area (TPSA) is 74.6 Å². The summed E-state index contributed by atoms with van der Waals surface area (Å²) in [4.78, 5) is 22.1. The number of carboxylic acids is 2. The summed E-state index contributed by atoms with van der Waals surface area (Å²) < 4.78 is 0. The average Bonchev–Trinajstić information content (AvgIpc) is 2.73. The molecule has 1 aliphatic rings. The van der Waals surface area contributed by atoms with Gasteiger partial charge in [0, 0.05) is 6.42 Å². The van der Waals surface area contributed by atoms with Crippen LogP contribution >= 0.6 is 0 Å². The van der Waals surface area contributed by atoms with Gasteiger partial charge in [0.2, 0.25) is 0 Å². The summed E-state index contributed by atoms with van der Waals surface area (Å²) in [5.41, 5.74) is 5.47. The van der Waals surface area contributed by atoms with Crippen molar-refractivity contribution in [2.75, 3.05) is 0 Å². The molecule has 1 atom stereocenters. The van der Waals surface area contributed by atoms with Gasteiger partial charge in [-0.3, -0.25) is 9.59 Å². The van der Waals surface area contributed by atoms with Gasteiger partial charge in [-0.2, -0.15) is 0 Å². The van der Waals surface area contributed by atoms with Crippen LogP contribution in [0.25, 0.3) is 0 Å². The fourth-order valence-corrected chi connectivity index (χ4v) is 4.57. The zero-order valence-electron chi connectivity index (χ0n) is 22.0. The lowest BCUT2D eigenvalue weighted by Crippen LogP contribution is -2.19. The predicted octanol–water partition coefficient (Wildman–Crippen LogP) is 8.42. The van der Waals surface area contributed by atoms with Gasteiger partial charge in [0.1, 0.15) is 0 Å². The highest BCUT2D eigenvalue weighted by molar-refractivity contribution is 5.70. The van der Waals surface area contributed by atoms with Gasteiger partial charge in [0.15, 0.2) is 0 Å². The zero-order valence-corrected chi connectivity index (χ0v) is 22.0. The molecule has 4 heteroatoms. The standard InChI is InChI=1S/C30H46O4/c1-23(18-20-26(29(33)34)16-9-7-6-8-10-17-28(31)32)13-11-14-24(2)19-21-27-25(3)15-12-22-30(27,4)5/h11,13-14,18-19,21,26H,6-10,12,15-17,20,22H2,1-5H3,(H,31,32)(H,33,34)/b13-11?,21-19?,23-18?,24-14-. The van der Waals surface area contributed by atoms with E-state index in [1.807, 2.05) is 25.2 Å². The van der Waals surface area contributed by atoms with Crippen LogP contribution in [0.2, 0.25) is 0 Å². The number of hydrogen-bond acceptors (Lipinski definition) is 2. The molecule has 0 saturated carbocycles. The number of hydrogen-bond donors (Lipinski definition) is 2. The van der Waals surface area contributed by atoms with E-state index in [-0.39, 0.29) is 17.8 Å². The highest BCUT2D eigenvalue weighted by atomic mass is 16.4. The monoisotopic (exact) mass is 470 g/mol.